The van der Waals surface area contributed by atoms with Gasteiger partial charge < -0.3 is 19.3 Å². The standard InChI is InChI=1S/C27H28N2O3/c30-27(24-12-7-13-25-26(24)32-20-31-25)29(22-10-5-2-6-11-22)23-15-18-28(19-16-23)17-14-21-8-3-1-4-9-21/h1-13,23H,14-20H2. The van der Waals surface area contributed by atoms with E-state index in [-0.39, 0.29) is 18.7 Å². The molecule has 0 atom stereocenters. The number of amides is 1. The number of fused-ring (bicyclic) bond motifs is 1. The van der Waals surface area contributed by atoms with Gasteiger partial charge in [-0.1, -0.05) is 54.6 Å². The van der Waals surface area contributed by atoms with Gasteiger partial charge in [-0.15, -0.1) is 0 Å². The van der Waals surface area contributed by atoms with Crippen LogP contribution in [0.2, 0.25) is 0 Å². The van der Waals surface area contributed by atoms with Crippen LogP contribution in [0.5, 0.6) is 11.5 Å². The quantitative estimate of drug-likeness (QED) is 0.567. The van der Waals surface area contributed by atoms with E-state index in [1.54, 1.807) is 0 Å². The van der Waals surface area contributed by atoms with E-state index >= 15 is 0 Å². The molecule has 1 saturated heterocycles. The molecule has 2 heterocycles. The van der Waals surface area contributed by atoms with Gasteiger partial charge in [0.05, 0.1) is 5.56 Å². The number of anilines is 1. The van der Waals surface area contributed by atoms with Crippen molar-refractivity contribution < 1.29 is 14.3 Å². The third-order valence-corrected chi connectivity index (χ3v) is 6.36. The number of ether oxygens (including phenoxy) is 2. The predicted molar refractivity (Wildman–Crippen MR) is 125 cm³/mol. The van der Waals surface area contributed by atoms with Crippen LogP contribution in [0.25, 0.3) is 0 Å². The Labute approximate surface area is 189 Å². The SMILES string of the molecule is O=C(c1cccc2c1OCO2)N(c1ccccc1)C1CCN(CCc2ccccc2)CC1. The van der Waals surface area contributed by atoms with Crippen LogP contribution in [0, 0.1) is 0 Å². The van der Waals surface area contributed by atoms with E-state index in [0.29, 0.717) is 17.1 Å². The second-order valence-corrected chi connectivity index (χ2v) is 8.36. The molecule has 0 saturated carbocycles. The van der Waals surface area contributed by atoms with Crippen LogP contribution in [0.3, 0.4) is 0 Å². The number of hydrogen-bond acceptors (Lipinski definition) is 4. The first-order valence-electron chi connectivity index (χ1n) is 11.3. The van der Waals surface area contributed by atoms with Gasteiger partial charge in [0.15, 0.2) is 11.5 Å². The van der Waals surface area contributed by atoms with E-state index in [4.69, 9.17) is 9.47 Å². The first kappa shape index (κ1) is 20.6. The average molecular weight is 429 g/mol. The molecule has 5 heteroatoms. The van der Waals surface area contributed by atoms with Gasteiger partial charge in [-0.25, -0.2) is 0 Å². The molecule has 32 heavy (non-hydrogen) atoms. The number of nitrogens with zero attached hydrogens (tertiary/aromatic N) is 2. The summed E-state index contributed by atoms with van der Waals surface area (Å²) in [7, 11) is 0. The van der Waals surface area contributed by atoms with Crippen LogP contribution in [-0.4, -0.2) is 43.3 Å². The molecule has 5 nitrogen and oxygen atoms in total. The Hall–Kier alpha value is -3.31. The number of hydrogen-bond donors (Lipinski definition) is 0. The summed E-state index contributed by atoms with van der Waals surface area (Å²) < 4.78 is 11.1. The van der Waals surface area contributed by atoms with Crippen LogP contribution in [0.15, 0.2) is 78.9 Å². The monoisotopic (exact) mass is 428 g/mol. The summed E-state index contributed by atoms with van der Waals surface area (Å²) in [5.74, 6) is 1.17. The zero-order valence-electron chi connectivity index (χ0n) is 18.2. The highest BCUT2D eigenvalue weighted by atomic mass is 16.7. The summed E-state index contributed by atoms with van der Waals surface area (Å²) in [4.78, 5) is 18.2. The number of piperidine rings is 1. The maximum atomic E-state index is 13.8. The lowest BCUT2D eigenvalue weighted by atomic mass is 10.00. The second kappa shape index (κ2) is 9.45. The molecule has 2 aliphatic heterocycles. The van der Waals surface area contributed by atoms with E-state index in [1.807, 2.05) is 53.4 Å². The van der Waals surface area contributed by atoms with Gasteiger partial charge in [-0.05, 0) is 49.1 Å². The molecular weight excluding hydrogens is 400 g/mol. The van der Waals surface area contributed by atoms with Crippen molar-refractivity contribution in [2.45, 2.75) is 25.3 Å². The molecule has 0 unspecified atom stereocenters. The highest BCUT2D eigenvalue weighted by Crippen LogP contribution is 2.37. The van der Waals surface area contributed by atoms with Crippen molar-refractivity contribution in [3.63, 3.8) is 0 Å². The van der Waals surface area contributed by atoms with E-state index in [0.717, 1.165) is 44.6 Å². The van der Waals surface area contributed by atoms with E-state index in [1.165, 1.54) is 5.56 Å². The molecule has 2 aliphatic rings. The summed E-state index contributed by atoms with van der Waals surface area (Å²) in [6, 6.07) is 26.3. The second-order valence-electron chi connectivity index (χ2n) is 8.36. The van der Waals surface area contributed by atoms with Crippen molar-refractivity contribution >= 4 is 11.6 Å². The fourth-order valence-corrected chi connectivity index (χ4v) is 4.64. The normalized spacial score (nSPS) is 16.1. The molecular formula is C27H28N2O3. The molecule has 0 N–H and O–H groups in total. The maximum Gasteiger partial charge on any atom is 0.262 e. The molecule has 3 aromatic rings. The largest absolute Gasteiger partial charge is 0.454 e. The Morgan fingerprint density at radius 3 is 2.34 bits per heavy atom. The van der Waals surface area contributed by atoms with Gasteiger partial charge in [0, 0.05) is 31.4 Å². The lowest BCUT2D eigenvalue weighted by Gasteiger charge is -2.38. The van der Waals surface area contributed by atoms with Crippen molar-refractivity contribution in [1.82, 2.24) is 4.90 Å². The molecule has 0 aliphatic carbocycles. The van der Waals surface area contributed by atoms with Gasteiger partial charge in [0.1, 0.15) is 0 Å². The minimum Gasteiger partial charge on any atom is -0.454 e. The zero-order valence-corrected chi connectivity index (χ0v) is 18.2. The van der Waals surface area contributed by atoms with Crippen LogP contribution in [0.1, 0.15) is 28.8 Å². The summed E-state index contributed by atoms with van der Waals surface area (Å²) in [5.41, 5.74) is 2.86. The number of benzene rings is 3. The van der Waals surface area contributed by atoms with E-state index in [2.05, 4.69) is 35.2 Å². The number of carbonyl (C=O) groups excluding carboxylic acids is 1. The van der Waals surface area contributed by atoms with E-state index < -0.39 is 0 Å². The van der Waals surface area contributed by atoms with Crippen molar-refractivity contribution in [2.75, 3.05) is 31.3 Å². The molecule has 0 bridgehead atoms. The summed E-state index contributed by atoms with van der Waals surface area (Å²) in [5, 5.41) is 0. The Bertz CT molecular complexity index is 1050. The molecule has 1 fully saturated rings. The highest BCUT2D eigenvalue weighted by molar-refractivity contribution is 6.08. The van der Waals surface area contributed by atoms with Gasteiger partial charge in [0.2, 0.25) is 6.79 Å². The third-order valence-electron chi connectivity index (χ3n) is 6.36. The summed E-state index contributed by atoms with van der Waals surface area (Å²) in [6.07, 6.45) is 2.95. The zero-order chi connectivity index (χ0) is 21.8. The molecule has 164 valence electrons. The van der Waals surface area contributed by atoms with Crippen LogP contribution >= 0.6 is 0 Å². The summed E-state index contributed by atoms with van der Waals surface area (Å²) in [6.45, 7) is 3.18. The minimum absolute atomic E-state index is 0.0266. The van der Waals surface area contributed by atoms with Gasteiger partial charge in [-0.3, -0.25) is 4.79 Å². The first-order valence-corrected chi connectivity index (χ1v) is 11.3. The van der Waals surface area contributed by atoms with Crippen molar-refractivity contribution in [3.05, 3.63) is 90.0 Å². The first-order chi connectivity index (χ1) is 15.8. The maximum absolute atomic E-state index is 13.8. The van der Waals surface area contributed by atoms with Crippen LogP contribution in [0.4, 0.5) is 5.69 Å². The van der Waals surface area contributed by atoms with Crippen molar-refractivity contribution in [1.29, 1.82) is 0 Å². The predicted octanol–water partition coefficient (Wildman–Crippen LogP) is 4.77. The molecule has 1 amide bonds. The van der Waals surface area contributed by atoms with Crippen LogP contribution < -0.4 is 14.4 Å². The topological polar surface area (TPSA) is 42.0 Å². The van der Waals surface area contributed by atoms with Gasteiger partial charge in [0.25, 0.3) is 5.91 Å². The molecule has 0 aromatic heterocycles. The lowest BCUT2D eigenvalue weighted by Crippen LogP contribution is -2.48. The van der Waals surface area contributed by atoms with Gasteiger partial charge in [-0.2, -0.15) is 0 Å². The van der Waals surface area contributed by atoms with E-state index in [9.17, 15) is 4.79 Å². The fraction of sp³-hybridized carbons (Fsp3) is 0.296. The third kappa shape index (κ3) is 4.34. The Morgan fingerprint density at radius 1 is 0.875 bits per heavy atom. The molecule has 0 spiro atoms. The average Bonchev–Trinajstić information content (AvgIpc) is 3.34. The number of likely N-dealkylation sites (tertiary alicyclic amines) is 1. The molecule has 3 aromatic carbocycles. The number of para-hydroxylation sites is 2. The van der Waals surface area contributed by atoms with Crippen molar-refractivity contribution in [2.24, 2.45) is 0 Å². The van der Waals surface area contributed by atoms with Crippen molar-refractivity contribution in [3.8, 4) is 11.5 Å². The number of carbonyl (C=O) groups is 1. The Morgan fingerprint density at radius 2 is 1.59 bits per heavy atom. The summed E-state index contributed by atoms with van der Waals surface area (Å²) >= 11 is 0. The smallest absolute Gasteiger partial charge is 0.262 e. The van der Waals surface area contributed by atoms with Crippen LogP contribution in [-0.2, 0) is 6.42 Å². The molecule has 0 radical (unpaired) electrons. The number of rotatable bonds is 6. The molecule has 5 rings (SSSR count). The Kier molecular flexibility index (Phi) is 6.08. The lowest BCUT2D eigenvalue weighted by molar-refractivity contribution is 0.0955. The Balaban J connectivity index is 1.32. The highest BCUT2D eigenvalue weighted by Gasteiger charge is 2.32. The fourth-order valence-electron chi connectivity index (χ4n) is 4.64. The minimum atomic E-state index is -0.0266. The van der Waals surface area contributed by atoms with Gasteiger partial charge >= 0.3 is 0 Å².